The molecule has 1 heterocycles. The fourth-order valence-electron chi connectivity index (χ4n) is 3.02. The minimum absolute atomic E-state index is 0.168. The Balaban J connectivity index is 1.98. The maximum atomic E-state index is 12.4. The molecule has 6 nitrogen and oxygen atoms in total. The van der Waals surface area contributed by atoms with E-state index in [1.54, 1.807) is 30.1 Å². The van der Waals surface area contributed by atoms with Gasteiger partial charge in [0.15, 0.2) is 0 Å². The van der Waals surface area contributed by atoms with E-state index in [2.05, 4.69) is 5.32 Å². The molecule has 1 aliphatic rings. The summed E-state index contributed by atoms with van der Waals surface area (Å²) in [6.45, 7) is 6.37. The molecule has 1 aromatic heterocycles. The Morgan fingerprint density at radius 2 is 2.08 bits per heavy atom. The predicted molar refractivity (Wildman–Crippen MR) is 94.2 cm³/mol. The first-order valence-corrected chi connectivity index (χ1v) is 9.52. The van der Waals surface area contributed by atoms with Gasteiger partial charge in [-0.05, 0) is 25.7 Å². The van der Waals surface area contributed by atoms with E-state index in [0.29, 0.717) is 19.0 Å². The number of nitrogens with one attached hydrogen (secondary N) is 1. The number of urea groups is 1. The van der Waals surface area contributed by atoms with Crippen molar-refractivity contribution in [3.8, 4) is 0 Å². The van der Waals surface area contributed by atoms with E-state index in [1.165, 1.54) is 30.7 Å². The largest absolute Gasteiger partial charge is 0.480 e. The minimum atomic E-state index is -1.01. The van der Waals surface area contributed by atoms with Crippen LogP contribution < -0.4 is 5.32 Å². The third kappa shape index (κ3) is 4.69. The zero-order valence-electron chi connectivity index (χ0n) is 14.6. The summed E-state index contributed by atoms with van der Waals surface area (Å²) in [4.78, 5) is 29.9. The number of carboxylic acid groups (broad SMARTS) is 1. The maximum Gasteiger partial charge on any atom is 0.326 e. The van der Waals surface area contributed by atoms with Crippen LogP contribution in [0.3, 0.4) is 0 Å². The van der Waals surface area contributed by atoms with Crippen LogP contribution in [0.2, 0.25) is 0 Å². The van der Waals surface area contributed by atoms with E-state index >= 15 is 0 Å². The molecule has 0 aliphatic heterocycles. The molecule has 1 aromatic rings. The van der Waals surface area contributed by atoms with E-state index in [0.717, 1.165) is 5.69 Å². The van der Waals surface area contributed by atoms with Gasteiger partial charge < -0.3 is 15.3 Å². The molecule has 1 fully saturated rings. The van der Waals surface area contributed by atoms with Crippen LogP contribution >= 0.6 is 11.3 Å². The molecule has 0 spiro atoms. The Morgan fingerprint density at radius 3 is 2.62 bits per heavy atom. The van der Waals surface area contributed by atoms with Crippen molar-refractivity contribution in [3.05, 3.63) is 16.1 Å². The highest BCUT2D eigenvalue weighted by molar-refractivity contribution is 7.09. The summed E-state index contributed by atoms with van der Waals surface area (Å²) in [6, 6.07) is -1.23. The van der Waals surface area contributed by atoms with Crippen molar-refractivity contribution >= 4 is 23.3 Å². The number of rotatable bonds is 7. The average Bonchev–Trinajstić information content (AvgIpc) is 3.20. The molecule has 0 radical (unpaired) electrons. The van der Waals surface area contributed by atoms with Crippen LogP contribution in [-0.2, 0) is 11.3 Å². The van der Waals surface area contributed by atoms with Gasteiger partial charge in [-0.25, -0.2) is 14.6 Å². The number of aromatic nitrogens is 1. The third-order valence-corrected chi connectivity index (χ3v) is 5.56. The average molecular weight is 353 g/mol. The molecular formula is C17H27N3O3S. The van der Waals surface area contributed by atoms with E-state index in [4.69, 9.17) is 4.98 Å². The highest BCUT2D eigenvalue weighted by atomic mass is 32.1. The van der Waals surface area contributed by atoms with Gasteiger partial charge in [0.05, 0.1) is 17.2 Å². The zero-order chi connectivity index (χ0) is 17.7. The summed E-state index contributed by atoms with van der Waals surface area (Å²) in [5, 5.41) is 15.0. The molecule has 1 saturated carbocycles. The second kappa shape index (κ2) is 8.46. The molecule has 0 bridgehead atoms. The van der Waals surface area contributed by atoms with Crippen LogP contribution in [-0.4, -0.2) is 39.6 Å². The van der Waals surface area contributed by atoms with Gasteiger partial charge in [-0.3, -0.25) is 0 Å². The van der Waals surface area contributed by atoms with Gasteiger partial charge in [0, 0.05) is 17.8 Å². The number of nitrogens with zero attached hydrogens (tertiary/aromatic N) is 2. The van der Waals surface area contributed by atoms with Crippen molar-refractivity contribution in [2.75, 3.05) is 6.54 Å². The number of carboxylic acids is 1. The van der Waals surface area contributed by atoms with Gasteiger partial charge in [-0.15, -0.1) is 11.3 Å². The smallest absolute Gasteiger partial charge is 0.326 e. The molecule has 1 atom stereocenters. The zero-order valence-corrected chi connectivity index (χ0v) is 15.4. The van der Waals surface area contributed by atoms with Crippen LogP contribution in [0, 0.1) is 5.92 Å². The van der Waals surface area contributed by atoms with E-state index in [9.17, 15) is 14.7 Å². The highest BCUT2D eigenvalue weighted by Crippen LogP contribution is 2.35. The van der Waals surface area contributed by atoms with Crippen molar-refractivity contribution in [2.24, 2.45) is 5.92 Å². The lowest BCUT2D eigenvalue weighted by atomic mass is 10.1. The van der Waals surface area contributed by atoms with Crippen LogP contribution in [0.15, 0.2) is 5.38 Å². The molecule has 2 rings (SSSR count). The summed E-state index contributed by atoms with van der Waals surface area (Å²) < 4.78 is 0. The van der Waals surface area contributed by atoms with Crippen molar-refractivity contribution in [2.45, 2.75) is 65.0 Å². The summed E-state index contributed by atoms with van der Waals surface area (Å²) in [7, 11) is 0. The lowest BCUT2D eigenvalue weighted by Crippen LogP contribution is -2.49. The monoisotopic (exact) mass is 353 g/mol. The first kappa shape index (κ1) is 18.7. The van der Waals surface area contributed by atoms with Crippen LogP contribution in [0.25, 0.3) is 0 Å². The fraction of sp³-hybridized carbons (Fsp3) is 0.706. The fourth-order valence-corrected chi connectivity index (χ4v) is 4.00. The van der Waals surface area contributed by atoms with Crippen molar-refractivity contribution in [1.29, 1.82) is 0 Å². The quantitative estimate of drug-likeness (QED) is 0.786. The van der Waals surface area contributed by atoms with Crippen LogP contribution in [0.1, 0.15) is 63.1 Å². The lowest BCUT2D eigenvalue weighted by Gasteiger charge is -2.25. The molecule has 0 unspecified atom stereocenters. The predicted octanol–water partition coefficient (Wildman–Crippen LogP) is 3.44. The van der Waals surface area contributed by atoms with Crippen LogP contribution in [0.4, 0.5) is 4.79 Å². The first-order valence-electron chi connectivity index (χ1n) is 8.64. The third-order valence-electron chi connectivity index (χ3n) is 4.51. The Kier molecular flexibility index (Phi) is 6.60. The molecule has 2 N–H and O–H groups in total. The number of carbonyl (C=O) groups is 2. The van der Waals surface area contributed by atoms with E-state index < -0.39 is 12.0 Å². The number of thiazole rings is 1. The van der Waals surface area contributed by atoms with Crippen molar-refractivity contribution in [3.63, 3.8) is 0 Å². The first-order chi connectivity index (χ1) is 11.4. The van der Waals surface area contributed by atoms with Crippen molar-refractivity contribution in [1.82, 2.24) is 15.2 Å². The molecule has 0 saturated heterocycles. The van der Waals surface area contributed by atoms with Crippen LogP contribution in [0.5, 0.6) is 0 Å². The van der Waals surface area contributed by atoms with Crippen molar-refractivity contribution < 1.29 is 14.7 Å². The van der Waals surface area contributed by atoms with Gasteiger partial charge in [0.25, 0.3) is 0 Å². The van der Waals surface area contributed by atoms with Gasteiger partial charge >= 0.3 is 12.0 Å². The molecule has 7 heteroatoms. The topological polar surface area (TPSA) is 82.5 Å². The highest BCUT2D eigenvalue weighted by Gasteiger charge is 2.26. The molecule has 2 amide bonds. The maximum absolute atomic E-state index is 12.4. The minimum Gasteiger partial charge on any atom is -0.480 e. The standard InChI is InChI=1S/C17H27N3O3S/c1-4-20(17(23)19-14(11(2)3)16(21)22)9-13-10-24-15(18-13)12-7-5-6-8-12/h10-12,14H,4-9H2,1-3H3,(H,19,23)(H,21,22)/t14-/m0/s1. The van der Waals surface area contributed by atoms with E-state index in [-0.39, 0.29) is 11.9 Å². The number of aliphatic carboxylic acids is 1. The molecule has 1 aliphatic carbocycles. The number of hydrogen-bond donors (Lipinski definition) is 2. The Labute approximate surface area is 147 Å². The molecule has 24 heavy (non-hydrogen) atoms. The summed E-state index contributed by atoms with van der Waals surface area (Å²) in [6.07, 6.45) is 4.96. The van der Waals surface area contributed by atoms with Gasteiger partial charge in [-0.2, -0.15) is 0 Å². The number of hydrogen-bond acceptors (Lipinski definition) is 4. The Morgan fingerprint density at radius 1 is 1.42 bits per heavy atom. The summed E-state index contributed by atoms with van der Waals surface area (Å²) in [5.74, 6) is -0.602. The number of amides is 2. The van der Waals surface area contributed by atoms with Gasteiger partial charge in [0.2, 0.25) is 0 Å². The van der Waals surface area contributed by atoms with Gasteiger partial charge in [0.1, 0.15) is 6.04 Å². The Bertz CT molecular complexity index is 567. The Hall–Kier alpha value is -1.63. The lowest BCUT2D eigenvalue weighted by molar-refractivity contribution is -0.140. The number of carbonyl (C=O) groups excluding carboxylic acids is 1. The van der Waals surface area contributed by atoms with E-state index in [1.807, 2.05) is 12.3 Å². The SMILES string of the molecule is CCN(Cc1csc(C2CCCC2)n1)C(=O)N[C@H](C(=O)O)C(C)C. The molecule has 134 valence electrons. The second-order valence-corrected chi connectivity index (χ2v) is 7.57. The summed E-state index contributed by atoms with van der Waals surface area (Å²) in [5.41, 5.74) is 0.885. The second-order valence-electron chi connectivity index (χ2n) is 6.68. The summed E-state index contributed by atoms with van der Waals surface area (Å²) >= 11 is 1.67. The molecular weight excluding hydrogens is 326 g/mol. The normalized spacial score (nSPS) is 16.3. The van der Waals surface area contributed by atoms with Gasteiger partial charge in [-0.1, -0.05) is 26.7 Å². The molecule has 0 aromatic carbocycles.